The van der Waals surface area contributed by atoms with Gasteiger partial charge in [0.2, 0.25) is 5.91 Å². The third kappa shape index (κ3) is 4.82. The van der Waals surface area contributed by atoms with Crippen molar-refractivity contribution in [3.05, 3.63) is 35.9 Å². The van der Waals surface area contributed by atoms with Crippen LogP contribution in [0.5, 0.6) is 0 Å². The lowest BCUT2D eigenvalue weighted by atomic mass is 9.86. The maximum Gasteiger partial charge on any atom is 0.253 e. The van der Waals surface area contributed by atoms with Crippen LogP contribution in [0.4, 0.5) is 0 Å². The van der Waals surface area contributed by atoms with E-state index in [2.05, 4.69) is 17.1 Å². The van der Waals surface area contributed by atoms with Crippen molar-refractivity contribution >= 4 is 11.8 Å². The van der Waals surface area contributed by atoms with Gasteiger partial charge in [0.05, 0.1) is 6.54 Å². The fourth-order valence-corrected chi connectivity index (χ4v) is 3.86. The summed E-state index contributed by atoms with van der Waals surface area (Å²) in [6, 6.07) is 9.74. The summed E-state index contributed by atoms with van der Waals surface area (Å²) in [6.07, 6.45) is 4.82. The first-order valence-corrected chi connectivity index (χ1v) is 9.49. The number of amides is 2. The van der Waals surface area contributed by atoms with Crippen LogP contribution in [0.2, 0.25) is 0 Å². The van der Waals surface area contributed by atoms with Crippen LogP contribution in [0.3, 0.4) is 0 Å². The van der Waals surface area contributed by atoms with Crippen molar-refractivity contribution in [1.82, 2.24) is 15.1 Å². The first kappa shape index (κ1) is 17.9. The molecule has 136 valence electrons. The molecule has 2 fully saturated rings. The van der Waals surface area contributed by atoms with Crippen LogP contribution in [-0.4, -0.2) is 60.4 Å². The van der Waals surface area contributed by atoms with Gasteiger partial charge >= 0.3 is 0 Å². The van der Waals surface area contributed by atoms with Crippen molar-refractivity contribution < 1.29 is 9.59 Å². The number of hydrogen-bond acceptors (Lipinski definition) is 3. The summed E-state index contributed by atoms with van der Waals surface area (Å²) in [5.41, 5.74) is 0.736. The molecule has 1 aliphatic carbocycles. The zero-order valence-electron chi connectivity index (χ0n) is 15.1. The molecule has 5 heteroatoms. The second kappa shape index (κ2) is 8.48. The van der Waals surface area contributed by atoms with Gasteiger partial charge < -0.3 is 10.2 Å². The predicted octanol–water partition coefficient (Wildman–Crippen LogP) is 2.14. The Morgan fingerprint density at radius 2 is 1.72 bits per heavy atom. The molecule has 1 aromatic carbocycles. The molecule has 1 saturated heterocycles. The van der Waals surface area contributed by atoms with E-state index >= 15 is 0 Å². The van der Waals surface area contributed by atoms with Gasteiger partial charge in [-0.15, -0.1) is 0 Å². The van der Waals surface area contributed by atoms with E-state index in [1.165, 1.54) is 19.3 Å². The average Bonchev–Trinajstić information content (AvgIpc) is 2.64. The molecular formula is C20H29N3O2. The number of piperazine rings is 1. The minimum atomic E-state index is 0.0840. The molecule has 1 heterocycles. The summed E-state index contributed by atoms with van der Waals surface area (Å²) in [5, 5.41) is 3.21. The van der Waals surface area contributed by atoms with E-state index in [0.29, 0.717) is 31.6 Å². The summed E-state index contributed by atoms with van der Waals surface area (Å²) < 4.78 is 0. The molecule has 1 N–H and O–H groups in total. The minimum absolute atomic E-state index is 0.0840. The lowest BCUT2D eigenvalue weighted by Crippen LogP contribution is -2.52. The number of nitrogens with zero attached hydrogens (tertiary/aromatic N) is 2. The third-order valence-electron chi connectivity index (χ3n) is 5.51. The topological polar surface area (TPSA) is 52.7 Å². The van der Waals surface area contributed by atoms with Crippen LogP contribution in [-0.2, 0) is 4.79 Å². The maximum atomic E-state index is 12.5. The molecule has 0 radical (unpaired) electrons. The minimum Gasteiger partial charge on any atom is -0.352 e. The van der Waals surface area contributed by atoms with E-state index in [1.807, 2.05) is 35.2 Å². The fourth-order valence-electron chi connectivity index (χ4n) is 3.86. The van der Waals surface area contributed by atoms with Crippen molar-refractivity contribution in [3.63, 3.8) is 0 Å². The van der Waals surface area contributed by atoms with Gasteiger partial charge in [0.15, 0.2) is 0 Å². The molecule has 1 saturated carbocycles. The largest absolute Gasteiger partial charge is 0.352 e. The van der Waals surface area contributed by atoms with Crippen LogP contribution in [0.1, 0.15) is 43.0 Å². The summed E-state index contributed by atoms with van der Waals surface area (Å²) in [4.78, 5) is 28.8. The van der Waals surface area contributed by atoms with E-state index in [9.17, 15) is 9.59 Å². The molecule has 5 nitrogen and oxygen atoms in total. The van der Waals surface area contributed by atoms with Crippen LogP contribution >= 0.6 is 0 Å². The van der Waals surface area contributed by atoms with Crippen LogP contribution < -0.4 is 5.32 Å². The monoisotopic (exact) mass is 343 g/mol. The molecule has 2 amide bonds. The van der Waals surface area contributed by atoms with Crippen molar-refractivity contribution in [2.45, 2.75) is 38.6 Å². The number of benzene rings is 1. The molecular weight excluding hydrogens is 314 g/mol. The van der Waals surface area contributed by atoms with Gasteiger partial charge in [-0.2, -0.15) is 0 Å². The van der Waals surface area contributed by atoms with Crippen molar-refractivity contribution in [1.29, 1.82) is 0 Å². The number of carbonyl (C=O) groups is 2. The summed E-state index contributed by atoms with van der Waals surface area (Å²) in [7, 11) is 0. The van der Waals surface area contributed by atoms with Crippen molar-refractivity contribution in [2.75, 3.05) is 32.7 Å². The Balaban J connectivity index is 1.43. The van der Waals surface area contributed by atoms with Gasteiger partial charge in [0.25, 0.3) is 5.91 Å². The Bertz CT molecular complexity index is 582. The number of hydrogen-bond donors (Lipinski definition) is 1. The Labute approximate surface area is 150 Å². The van der Waals surface area contributed by atoms with E-state index in [4.69, 9.17) is 0 Å². The first-order chi connectivity index (χ1) is 12.1. The van der Waals surface area contributed by atoms with Gasteiger partial charge in [-0.25, -0.2) is 0 Å². The molecule has 0 spiro atoms. The normalized spacial score (nSPS) is 24.8. The Morgan fingerprint density at radius 3 is 2.40 bits per heavy atom. The highest BCUT2D eigenvalue weighted by molar-refractivity contribution is 5.94. The summed E-state index contributed by atoms with van der Waals surface area (Å²) >= 11 is 0. The van der Waals surface area contributed by atoms with Crippen molar-refractivity contribution in [3.8, 4) is 0 Å². The zero-order chi connectivity index (χ0) is 17.6. The Hall–Kier alpha value is -1.88. The SMILES string of the molecule is C[C@H]1CCCC[C@@H]1NC(=O)CN1CCN(C(=O)c2ccccc2)CC1. The van der Waals surface area contributed by atoms with E-state index in [1.54, 1.807) is 0 Å². The molecule has 1 aliphatic heterocycles. The smallest absolute Gasteiger partial charge is 0.253 e. The molecule has 2 atom stereocenters. The lowest BCUT2D eigenvalue weighted by Gasteiger charge is -2.35. The first-order valence-electron chi connectivity index (χ1n) is 9.49. The standard InChI is InChI=1S/C20H29N3O2/c1-16-7-5-6-10-18(16)21-19(24)15-22-11-13-23(14-12-22)20(25)17-8-3-2-4-9-17/h2-4,8-9,16,18H,5-7,10-15H2,1H3,(H,21,24)/t16-,18-/m0/s1. The highest BCUT2D eigenvalue weighted by Crippen LogP contribution is 2.23. The molecule has 25 heavy (non-hydrogen) atoms. The highest BCUT2D eigenvalue weighted by Gasteiger charge is 2.26. The lowest BCUT2D eigenvalue weighted by molar-refractivity contribution is -0.123. The molecule has 2 aliphatic rings. The molecule has 3 rings (SSSR count). The summed E-state index contributed by atoms with van der Waals surface area (Å²) in [5.74, 6) is 0.792. The second-order valence-corrected chi connectivity index (χ2v) is 7.37. The quantitative estimate of drug-likeness (QED) is 0.911. The van der Waals surface area contributed by atoms with Gasteiger partial charge in [-0.1, -0.05) is 38.0 Å². The Kier molecular flexibility index (Phi) is 6.08. The summed E-state index contributed by atoms with van der Waals surface area (Å²) in [6.45, 7) is 5.55. The Morgan fingerprint density at radius 1 is 1.04 bits per heavy atom. The fraction of sp³-hybridized carbons (Fsp3) is 0.600. The molecule has 0 unspecified atom stereocenters. The second-order valence-electron chi connectivity index (χ2n) is 7.37. The van der Waals surface area contributed by atoms with Crippen molar-refractivity contribution in [2.24, 2.45) is 5.92 Å². The van der Waals surface area contributed by atoms with E-state index in [-0.39, 0.29) is 11.8 Å². The highest BCUT2D eigenvalue weighted by atomic mass is 16.2. The third-order valence-corrected chi connectivity index (χ3v) is 5.51. The average molecular weight is 343 g/mol. The van der Waals surface area contributed by atoms with Crippen LogP contribution in [0, 0.1) is 5.92 Å². The van der Waals surface area contributed by atoms with Gasteiger partial charge in [0.1, 0.15) is 0 Å². The number of nitrogens with one attached hydrogen (secondary N) is 1. The molecule has 0 bridgehead atoms. The van der Waals surface area contributed by atoms with Crippen LogP contribution in [0.15, 0.2) is 30.3 Å². The van der Waals surface area contributed by atoms with E-state index < -0.39 is 0 Å². The van der Waals surface area contributed by atoms with E-state index in [0.717, 1.165) is 25.1 Å². The zero-order valence-corrected chi connectivity index (χ0v) is 15.1. The van der Waals surface area contributed by atoms with Crippen LogP contribution in [0.25, 0.3) is 0 Å². The number of rotatable bonds is 4. The predicted molar refractivity (Wildman–Crippen MR) is 98.3 cm³/mol. The molecule has 0 aromatic heterocycles. The molecule has 1 aromatic rings. The van der Waals surface area contributed by atoms with Gasteiger partial charge in [-0.3, -0.25) is 14.5 Å². The van der Waals surface area contributed by atoms with Gasteiger partial charge in [0, 0.05) is 37.8 Å². The maximum absolute atomic E-state index is 12.5. The van der Waals surface area contributed by atoms with Gasteiger partial charge in [-0.05, 0) is 30.9 Å². The number of carbonyl (C=O) groups excluding carboxylic acids is 2.